The Kier molecular flexibility index (Phi) is 4.74. The predicted octanol–water partition coefficient (Wildman–Crippen LogP) is 3.54. The van der Waals surface area contributed by atoms with Crippen molar-refractivity contribution >= 4 is 32.7 Å². The van der Waals surface area contributed by atoms with Gasteiger partial charge in [0, 0.05) is 28.1 Å². The molecule has 1 aromatic heterocycles. The second-order valence-corrected chi connectivity index (χ2v) is 6.65. The molecule has 4 nitrogen and oxygen atoms in total. The van der Waals surface area contributed by atoms with Gasteiger partial charge in [0.25, 0.3) is 5.91 Å². The van der Waals surface area contributed by atoms with E-state index in [1.165, 1.54) is 0 Å². The zero-order chi connectivity index (χ0) is 15.7. The van der Waals surface area contributed by atoms with E-state index < -0.39 is 6.23 Å². The first kappa shape index (κ1) is 16.0. The van der Waals surface area contributed by atoms with Crippen LogP contribution in [-0.4, -0.2) is 32.6 Å². The second-order valence-electron chi connectivity index (χ2n) is 5.73. The molecule has 0 saturated carbocycles. The maximum Gasteiger partial charge on any atom is 0.273 e. The number of amides is 1. The molecule has 0 bridgehead atoms. The zero-order valence-corrected chi connectivity index (χ0v) is 14.3. The van der Waals surface area contributed by atoms with Gasteiger partial charge in [-0.1, -0.05) is 15.9 Å². The van der Waals surface area contributed by atoms with Gasteiger partial charge in [0.15, 0.2) is 0 Å². The number of aliphatic hydroxyl groups excluding tert-OH is 1. The average molecular weight is 353 g/mol. The van der Waals surface area contributed by atoms with Crippen molar-refractivity contribution in [1.29, 1.82) is 0 Å². The molecule has 114 valence electrons. The summed E-state index contributed by atoms with van der Waals surface area (Å²) in [5, 5.41) is 11.5. The first-order valence-corrected chi connectivity index (χ1v) is 7.88. The van der Waals surface area contributed by atoms with Crippen molar-refractivity contribution in [2.45, 2.75) is 46.0 Å². The quantitative estimate of drug-likeness (QED) is 0.914. The summed E-state index contributed by atoms with van der Waals surface area (Å²) in [4.78, 5) is 14.3. The van der Waals surface area contributed by atoms with Crippen LogP contribution in [0.25, 0.3) is 10.9 Å². The van der Waals surface area contributed by atoms with Gasteiger partial charge in [-0.05, 0) is 52.0 Å². The smallest absolute Gasteiger partial charge is 0.273 e. The van der Waals surface area contributed by atoms with Crippen molar-refractivity contribution in [2.24, 2.45) is 0 Å². The number of aliphatic hydroxyl groups is 1. The number of carbonyl (C=O) groups is 1. The van der Waals surface area contributed by atoms with Crippen LogP contribution in [0.5, 0.6) is 0 Å². The van der Waals surface area contributed by atoms with Gasteiger partial charge in [0.2, 0.25) is 6.23 Å². The maximum absolute atomic E-state index is 12.6. The summed E-state index contributed by atoms with van der Waals surface area (Å²) in [5.74, 6) is -0.277. The SMILES string of the molecule is CC(C)N(C(=O)C(O)n1ccc2cc(Br)ccc21)C(C)C. The first-order chi connectivity index (χ1) is 9.82. The Morgan fingerprint density at radius 3 is 2.38 bits per heavy atom. The van der Waals surface area contributed by atoms with Gasteiger partial charge >= 0.3 is 0 Å². The van der Waals surface area contributed by atoms with Crippen LogP contribution >= 0.6 is 15.9 Å². The fourth-order valence-corrected chi connectivity index (χ4v) is 3.08. The van der Waals surface area contributed by atoms with E-state index in [4.69, 9.17) is 0 Å². The standard InChI is InChI=1S/C16H21BrN2O2/c1-10(2)19(11(3)4)16(21)15(20)18-8-7-12-9-13(17)5-6-14(12)18/h5-11,15,20H,1-4H3. The van der Waals surface area contributed by atoms with Crippen LogP contribution < -0.4 is 0 Å². The van der Waals surface area contributed by atoms with E-state index in [2.05, 4.69) is 15.9 Å². The van der Waals surface area contributed by atoms with E-state index in [1.54, 1.807) is 15.7 Å². The number of aromatic nitrogens is 1. The van der Waals surface area contributed by atoms with Crippen LogP contribution in [0.15, 0.2) is 34.9 Å². The molecular weight excluding hydrogens is 332 g/mol. The lowest BCUT2D eigenvalue weighted by molar-refractivity contribution is -0.148. The molecule has 1 aromatic carbocycles. The molecule has 0 spiro atoms. The highest BCUT2D eigenvalue weighted by atomic mass is 79.9. The van der Waals surface area contributed by atoms with Crippen molar-refractivity contribution in [3.8, 4) is 0 Å². The first-order valence-electron chi connectivity index (χ1n) is 7.09. The Morgan fingerprint density at radius 1 is 1.19 bits per heavy atom. The number of nitrogens with zero attached hydrogens (tertiary/aromatic N) is 2. The minimum atomic E-state index is -1.20. The Balaban J connectivity index is 2.37. The number of hydrogen-bond donors (Lipinski definition) is 1. The van der Waals surface area contributed by atoms with E-state index in [0.717, 1.165) is 15.4 Å². The molecule has 2 rings (SSSR count). The largest absolute Gasteiger partial charge is 0.365 e. The summed E-state index contributed by atoms with van der Waals surface area (Å²) in [6.07, 6.45) is 0.548. The molecule has 1 heterocycles. The molecular formula is C16H21BrN2O2. The number of benzene rings is 1. The normalized spacial score (nSPS) is 13.1. The van der Waals surface area contributed by atoms with Gasteiger partial charge in [-0.15, -0.1) is 0 Å². The summed E-state index contributed by atoms with van der Waals surface area (Å²) in [6.45, 7) is 7.82. The lowest BCUT2D eigenvalue weighted by Gasteiger charge is -2.32. The second kappa shape index (κ2) is 6.20. The van der Waals surface area contributed by atoms with Gasteiger partial charge in [-0.2, -0.15) is 0 Å². The van der Waals surface area contributed by atoms with Crippen molar-refractivity contribution in [2.75, 3.05) is 0 Å². The van der Waals surface area contributed by atoms with E-state index in [1.807, 2.05) is 52.0 Å². The van der Waals surface area contributed by atoms with E-state index in [-0.39, 0.29) is 18.0 Å². The highest BCUT2D eigenvalue weighted by molar-refractivity contribution is 9.10. The summed E-state index contributed by atoms with van der Waals surface area (Å²) < 4.78 is 2.58. The maximum atomic E-state index is 12.6. The van der Waals surface area contributed by atoms with Crippen LogP contribution in [0.2, 0.25) is 0 Å². The average Bonchev–Trinajstić information content (AvgIpc) is 2.79. The van der Waals surface area contributed by atoms with Gasteiger partial charge < -0.3 is 14.6 Å². The summed E-state index contributed by atoms with van der Waals surface area (Å²) in [7, 11) is 0. The van der Waals surface area contributed by atoms with Gasteiger partial charge in [-0.3, -0.25) is 4.79 Å². The molecule has 0 aliphatic heterocycles. The fraction of sp³-hybridized carbons (Fsp3) is 0.438. The Hall–Kier alpha value is -1.33. The molecule has 2 aromatic rings. The molecule has 0 aliphatic rings. The van der Waals surface area contributed by atoms with E-state index in [0.29, 0.717) is 0 Å². The zero-order valence-electron chi connectivity index (χ0n) is 12.7. The number of hydrogen-bond acceptors (Lipinski definition) is 2. The van der Waals surface area contributed by atoms with Crippen LogP contribution in [0.1, 0.15) is 33.9 Å². The minimum absolute atomic E-state index is 0.0446. The van der Waals surface area contributed by atoms with Crippen LogP contribution in [0.4, 0.5) is 0 Å². The molecule has 21 heavy (non-hydrogen) atoms. The Labute approximate surface area is 133 Å². The van der Waals surface area contributed by atoms with Crippen molar-refractivity contribution < 1.29 is 9.90 Å². The number of halogens is 1. The molecule has 0 saturated heterocycles. The van der Waals surface area contributed by atoms with Crippen molar-refractivity contribution in [3.63, 3.8) is 0 Å². The molecule has 1 atom stereocenters. The lowest BCUT2D eigenvalue weighted by Crippen LogP contribution is -2.45. The third kappa shape index (κ3) is 3.14. The van der Waals surface area contributed by atoms with Crippen molar-refractivity contribution in [1.82, 2.24) is 9.47 Å². The molecule has 1 N–H and O–H groups in total. The van der Waals surface area contributed by atoms with E-state index in [9.17, 15) is 9.90 Å². The molecule has 0 aliphatic carbocycles. The summed E-state index contributed by atoms with van der Waals surface area (Å²) in [5.41, 5.74) is 0.839. The van der Waals surface area contributed by atoms with Crippen LogP contribution in [-0.2, 0) is 4.79 Å². The summed E-state index contributed by atoms with van der Waals surface area (Å²) >= 11 is 3.42. The highest BCUT2D eigenvalue weighted by Gasteiger charge is 2.28. The van der Waals surface area contributed by atoms with Gasteiger partial charge in [0.1, 0.15) is 0 Å². The van der Waals surface area contributed by atoms with Gasteiger partial charge in [-0.25, -0.2) is 0 Å². The highest BCUT2D eigenvalue weighted by Crippen LogP contribution is 2.24. The Morgan fingerprint density at radius 2 is 1.81 bits per heavy atom. The molecule has 0 radical (unpaired) electrons. The molecule has 1 amide bonds. The number of fused-ring (bicyclic) bond motifs is 1. The monoisotopic (exact) mass is 352 g/mol. The predicted molar refractivity (Wildman–Crippen MR) is 88.0 cm³/mol. The number of rotatable bonds is 4. The third-order valence-corrected chi connectivity index (χ3v) is 4.03. The summed E-state index contributed by atoms with van der Waals surface area (Å²) in [6, 6.07) is 7.74. The van der Waals surface area contributed by atoms with Gasteiger partial charge in [0.05, 0.1) is 5.52 Å². The molecule has 1 unspecified atom stereocenters. The lowest BCUT2D eigenvalue weighted by atomic mass is 10.2. The molecule has 5 heteroatoms. The number of carbonyl (C=O) groups excluding carboxylic acids is 1. The molecule has 0 fully saturated rings. The topological polar surface area (TPSA) is 45.5 Å². The third-order valence-electron chi connectivity index (χ3n) is 3.53. The Bertz CT molecular complexity index is 641. The van der Waals surface area contributed by atoms with Crippen LogP contribution in [0, 0.1) is 0 Å². The van der Waals surface area contributed by atoms with E-state index >= 15 is 0 Å². The fourth-order valence-electron chi connectivity index (χ4n) is 2.71. The van der Waals surface area contributed by atoms with Crippen LogP contribution in [0.3, 0.4) is 0 Å². The minimum Gasteiger partial charge on any atom is -0.365 e. The van der Waals surface area contributed by atoms with Crippen molar-refractivity contribution in [3.05, 3.63) is 34.9 Å².